The van der Waals surface area contributed by atoms with Crippen molar-refractivity contribution in [1.29, 1.82) is 0 Å². The normalized spacial score (nSPS) is 19.5. The van der Waals surface area contributed by atoms with Crippen molar-refractivity contribution in [3.63, 3.8) is 0 Å². The maximum atomic E-state index is 12.7. The summed E-state index contributed by atoms with van der Waals surface area (Å²) in [4.78, 5) is 26.4. The Kier molecular flexibility index (Phi) is 5.05. The summed E-state index contributed by atoms with van der Waals surface area (Å²) in [6, 6.07) is 10.2. The summed E-state index contributed by atoms with van der Waals surface area (Å²) in [5.41, 5.74) is 2.51. The van der Waals surface area contributed by atoms with E-state index in [1.165, 1.54) is 11.4 Å². The first-order valence-electron chi connectivity index (χ1n) is 9.46. The number of likely N-dealkylation sites (N-methyl/N-ethyl adjacent to an activating group) is 1. The van der Waals surface area contributed by atoms with Crippen molar-refractivity contribution in [2.24, 2.45) is 0 Å². The van der Waals surface area contributed by atoms with Gasteiger partial charge in [-0.2, -0.15) is 0 Å². The number of hydrogen-bond donors (Lipinski definition) is 1. The molecule has 2 aliphatic rings. The van der Waals surface area contributed by atoms with Crippen LogP contribution in [0.1, 0.15) is 31.2 Å². The van der Waals surface area contributed by atoms with Crippen LogP contribution in [0.15, 0.2) is 41.6 Å². The molecule has 1 spiro atoms. The molecule has 26 heavy (non-hydrogen) atoms. The highest BCUT2D eigenvalue weighted by Crippen LogP contribution is 2.42. The molecule has 0 aliphatic carbocycles. The van der Waals surface area contributed by atoms with Crippen LogP contribution in [0.2, 0.25) is 0 Å². The molecule has 1 fully saturated rings. The van der Waals surface area contributed by atoms with Gasteiger partial charge in [0, 0.05) is 36.6 Å². The van der Waals surface area contributed by atoms with Gasteiger partial charge in [0.2, 0.25) is 5.91 Å². The summed E-state index contributed by atoms with van der Waals surface area (Å²) < 4.78 is 0. The first-order chi connectivity index (χ1) is 12.7. The maximum absolute atomic E-state index is 12.7. The molecule has 2 aliphatic heterocycles. The lowest BCUT2D eigenvalue weighted by molar-refractivity contribution is -0.131. The molecule has 1 amide bonds. The van der Waals surface area contributed by atoms with E-state index in [2.05, 4.69) is 33.9 Å². The zero-order valence-electron chi connectivity index (χ0n) is 15.3. The lowest BCUT2D eigenvalue weighted by Crippen LogP contribution is -2.57. The average Bonchev–Trinajstić information content (AvgIpc) is 3.18. The Balaban J connectivity index is 1.41. The number of carbonyl (C=O) groups is 1. The molecule has 1 N–H and O–H groups in total. The molecule has 0 unspecified atom stereocenters. The van der Waals surface area contributed by atoms with Crippen LogP contribution in [-0.4, -0.2) is 57.6 Å². The molecular formula is C20H26N4OS. The van der Waals surface area contributed by atoms with E-state index < -0.39 is 0 Å². The minimum absolute atomic E-state index is 0.00564. The van der Waals surface area contributed by atoms with Crippen LogP contribution in [0.25, 0.3) is 0 Å². The number of hydrogen-bond acceptors (Lipinski definition) is 4. The Morgan fingerprint density at radius 3 is 2.73 bits per heavy atom. The van der Waals surface area contributed by atoms with E-state index in [1.807, 2.05) is 29.4 Å². The quantitative estimate of drug-likeness (QED) is 0.841. The van der Waals surface area contributed by atoms with Gasteiger partial charge in [-0.15, -0.1) is 11.8 Å². The second-order valence-corrected chi connectivity index (χ2v) is 8.12. The van der Waals surface area contributed by atoms with Gasteiger partial charge in [0.15, 0.2) is 0 Å². The third kappa shape index (κ3) is 3.16. The predicted molar refractivity (Wildman–Crippen MR) is 104 cm³/mol. The van der Waals surface area contributed by atoms with Crippen molar-refractivity contribution < 1.29 is 4.79 Å². The summed E-state index contributed by atoms with van der Waals surface area (Å²) >= 11 is 1.63. The molecular weight excluding hydrogens is 344 g/mol. The number of thioether (sulfide) groups is 1. The lowest BCUT2D eigenvalue weighted by atomic mass is 9.78. The fraction of sp³-hybridized carbons (Fsp3) is 0.500. The monoisotopic (exact) mass is 370 g/mol. The number of piperidine rings is 1. The molecule has 5 nitrogen and oxygen atoms in total. The highest BCUT2D eigenvalue weighted by molar-refractivity contribution is 8.00. The fourth-order valence-corrected chi connectivity index (χ4v) is 5.24. The highest BCUT2D eigenvalue weighted by Gasteiger charge is 2.46. The van der Waals surface area contributed by atoms with Crippen molar-refractivity contribution in [2.75, 3.05) is 31.9 Å². The summed E-state index contributed by atoms with van der Waals surface area (Å²) in [6.07, 6.45) is 4.82. The van der Waals surface area contributed by atoms with Crippen LogP contribution in [0.4, 0.5) is 0 Å². The number of rotatable bonds is 4. The van der Waals surface area contributed by atoms with Gasteiger partial charge in [-0.1, -0.05) is 25.1 Å². The number of nitrogens with one attached hydrogen (secondary N) is 1. The minimum Gasteiger partial charge on any atom is -0.348 e. The van der Waals surface area contributed by atoms with Gasteiger partial charge in [0.05, 0.1) is 23.3 Å². The molecule has 0 bridgehead atoms. The van der Waals surface area contributed by atoms with Crippen molar-refractivity contribution in [2.45, 2.75) is 36.6 Å². The molecule has 1 aromatic heterocycles. The van der Waals surface area contributed by atoms with Gasteiger partial charge in [-0.25, -0.2) is 4.98 Å². The molecule has 138 valence electrons. The van der Waals surface area contributed by atoms with E-state index in [-0.39, 0.29) is 11.4 Å². The Bertz CT molecular complexity index is 752. The SMILES string of the molecule is CCN1CCc2[nH]cnc2C12CCN(C(=O)CSc1ccccc1)CC2. The number of carbonyl (C=O) groups excluding carboxylic acids is 1. The Morgan fingerprint density at radius 2 is 2.00 bits per heavy atom. The van der Waals surface area contributed by atoms with E-state index in [1.54, 1.807) is 11.8 Å². The second kappa shape index (κ2) is 7.45. The lowest BCUT2D eigenvalue weighted by Gasteiger charge is -2.50. The molecule has 3 heterocycles. The number of H-pyrrole nitrogens is 1. The number of nitrogens with zero attached hydrogens (tertiary/aromatic N) is 3. The molecule has 4 rings (SSSR count). The number of benzene rings is 1. The van der Waals surface area contributed by atoms with Crippen LogP contribution in [-0.2, 0) is 16.8 Å². The summed E-state index contributed by atoms with van der Waals surface area (Å²) in [5.74, 6) is 0.761. The first kappa shape index (κ1) is 17.6. The first-order valence-corrected chi connectivity index (χ1v) is 10.4. The minimum atomic E-state index is 0.00564. The number of imidazole rings is 1. The van der Waals surface area contributed by atoms with Crippen LogP contribution in [0.3, 0.4) is 0 Å². The molecule has 0 radical (unpaired) electrons. The number of aromatic nitrogens is 2. The predicted octanol–water partition coefficient (Wildman–Crippen LogP) is 2.90. The number of likely N-dealkylation sites (tertiary alicyclic amines) is 1. The van der Waals surface area contributed by atoms with E-state index in [0.717, 1.165) is 50.3 Å². The van der Waals surface area contributed by atoms with E-state index in [0.29, 0.717) is 5.75 Å². The molecule has 0 saturated carbocycles. The van der Waals surface area contributed by atoms with Gasteiger partial charge in [-0.3, -0.25) is 9.69 Å². The maximum Gasteiger partial charge on any atom is 0.232 e. The Morgan fingerprint density at radius 1 is 1.23 bits per heavy atom. The molecule has 0 atom stereocenters. The topological polar surface area (TPSA) is 52.2 Å². The molecule has 1 saturated heterocycles. The van der Waals surface area contributed by atoms with Gasteiger partial charge in [0.25, 0.3) is 0 Å². The second-order valence-electron chi connectivity index (χ2n) is 7.07. The zero-order valence-corrected chi connectivity index (χ0v) is 16.1. The van der Waals surface area contributed by atoms with E-state index >= 15 is 0 Å². The number of aromatic amines is 1. The Hall–Kier alpha value is -1.79. The summed E-state index contributed by atoms with van der Waals surface area (Å²) in [5, 5.41) is 0. The van der Waals surface area contributed by atoms with E-state index in [4.69, 9.17) is 0 Å². The van der Waals surface area contributed by atoms with Gasteiger partial charge in [-0.05, 0) is 31.5 Å². The van der Waals surface area contributed by atoms with Crippen LogP contribution >= 0.6 is 11.8 Å². The van der Waals surface area contributed by atoms with Crippen molar-refractivity contribution >= 4 is 17.7 Å². The molecule has 6 heteroatoms. The van der Waals surface area contributed by atoms with E-state index in [9.17, 15) is 4.79 Å². The van der Waals surface area contributed by atoms with Crippen LogP contribution < -0.4 is 0 Å². The van der Waals surface area contributed by atoms with Crippen molar-refractivity contribution in [3.8, 4) is 0 Å². The van der Waals surface area contributed by atoms with Crippen molar-refractivity contribution in [3.05, 3.63) is 48.0 Å². The summed E-state index contributed by atoms with van der Waals surface area (Å²) in [7, 11) is 0. The number of fused-ring (bicyclic) bond motifs is 2. The number of amides is 1. The zero-order chi connectivity index (χ0) is 18.0. The van der Waals surface area contributed by atoms with Gasteiger partial charge >= 0.3 is 0 Å². The third-order valence-electron chi connectivity index (χ3n) is 5.83. The molecule has 1 aromatic carbocycles. The average molecular weight is 371 g/mol. The van der Waals surface area contributed by atoms with Gasteiger partial charge < -0.3 is 9.88 Å². The Labute approximate surface area is 159 Å². The van der Waals surface area contributed by atoms with Crippen molar-refractivity contribution in [1.82, 2.24) is 19.8 Å². The van der Waals surface area contributed by atoms with Crippen LogP contribution in [0.5, 0.6) is 0 Å². The largest absolute Gasteiger partial charge is 0.348 e. The fourth-order valence-electron chi connectivity index (χ4n) is 4.42. The highest BCUT2D eigenvalue weighted by atomic mass is 32.2. The van der Waals surface area contributed by atoms with Gasteiger partial charge in [0.1, 0.15) is 0 Å². The smallest absolute Gasteiger partial charge is 0.232 e. The standard InChI is InChI=1S/C20H26N4OS/c1-2-24-11-8-17-19(22-15-21-17)20(24)9-12-23(13-10-20)18(25)14-26-16-6-4-3-5-7-16/h3-7,15H,2,8-14H2,1H3,(H,21,22). The van der Waals surface area contributed by atoms with Crippen LogP contribution in [0, 0.1) is 0 Å². The molecule has 2 aromatic rings. The summed E-state index contributed by atoms with van der Waals surface area (Å²) in [6.45, 7) is 5.97. The third-order valence-corrected chi connectivity index (χ3v) is 6.82.